The van der Waals surface area contributed by atoms with Gasteiger partial charge in [-0.15, -0.1) is 0 Å². The Hall–Kier alpha value is -0.170. The van der Waals surface area contributed by atoms with E-state index in [0.717, 1.165) is 29.8 Å². The summed E-state index contributed by atoms with van der Waals surface area (Å²) in [7, 11) is 0. The van der Waals surface area contributed by atoms with Gasteiger partial charge in [0.2, 0.25) is 0 Å². The number of carbonyl (C=O) groups excluding carboxylic acids is 1. The molecular weight excluding hydrogens is 402 g/mol. The summed E-state index contributed by atoms with van der Waals surface area (Å²) in [6.07, 6.45) is 0.937. The van der Waals surface area contributed by atoms with Gasteiger partial charge in [-0.1, -0.05) is 24.3 Å². The zero-order chi connectivity index (χ0) is 10.1. The molecule has 0 aliphatic heterocycles. The fraction of sp³-hybridized carbons (Fsp3) is 0. The van der Waals surface area contributed by atoms with Gasteiger partial charge in [0.25, 0.3) is 0 Å². The summed E-state index contributed by atoms with van der Waals surface area (Å²) in [6, 6.07) is 10.1. The van der Waals surface area contributed by atoms with E-state index < -0.39 is 0 Å². The summed E-state index contributed by atoms with van der Waals surface area (Å²) >= 11 is 4.47. The maximum Gasteiger partial charge on any atom is 0.151 e. The molecule has 0 fully saturated rings. The lowest BCUT2D eigenvalue weighted by Crippen LogP contribution is -1.92. The average Bonchev–Trinajstić information content (AvgIpc) is 2.20. The van der Waals surface area contributed by atoms with E-state index in [0.29, 0.717) is 0 Å². The molecule has 0 aliphatic carbocycles. The molecule has 0 atom stereocenters. The van der Waals surface area contributed by atoms with Gasteiger partial charge in [-0.3, -0.25) is 4.79 Å². The van der Waals surface area contributed by atoms with Crippen LogP contribution in [0, 0.1) is 7.14 Å². The molecule has 0 bridgehead atoms. The molecule has 0 amide bonds. The summed E-state index contributed by atoms with van der Waals surface area (Å²) in [4.78, 5) is 11.0. The Kier molecular flexibility index (Phi) is 3.06. The molecule has 0 unspecified atom stereocenters. The number of halogens is 2. The number of fused-ring (bicyclic) bond motifs is 1. The second kappa shape index (κ2) is 4.14. The first-order valence-corrected chi connectivity index (χ1v) is 6.21. The van der Waals surface area contributed by atoms with Crippen LogP contribution in [-0.2, 0) is 0 Å². The lowest BCUT2D eigenvalue weighted by molar-refractivity contribution is 0.112. The summed E-state index contributed by atoms with van der Waals surface area (Å²) in [5.41, 5.74) is 0.799. The van der Waals surface area contributed by atoms with Crippen molar-refractivity contribution in [1.29, 1.82) is 0 Å². The van der Waals surface area contributed by atoms with Gasteiger partial charge in [0, 0.05) is 12.7 Å². The number of hydrogen-bond donors (Lipinski definition) is 0. The number of carbonyl (C=O) groups is 1. The lowest BCUT2D eigenvalue weighted by Gasteiger charge is -2.05. The van der Waals surface area contributed by atoms with E-state index in [-0.39, 0.29) is 0 Å². The van der Waals surface area contributed by atoms with Crippen LogP contribution in [0.25, 0.3) is 10.8 Å². The molecule has 2 rings (SSSR count). The van der Waals surface area contributed by atoms with E-state index in [1.165, 1.54) is 0 Å². The van der Waals surface area contributed by atoms with Crippen molar-refractivity contribution >= 4 is 62.2 Å². The van der Waals surface area contributed by atoms with E-state index in [1.54, 1.807) is 0 Å². The summed E-state index contributed by atoms with van der Waals surface area (Å²) in [6.45, 7) is 0. The van der Waals surface area contributed by atoms with Crippen LogP contribution in [0.3, 0.4) is 0 Å². The summed E-state index contributed by atoms with van der Waals surface area (Å²) in [5.74, 6) is 0. The molecule has 0 aromatic heterocycles. The highest BCUT2D eigenvalue weighted by Gasteiger charge is 2.07. The van der Waals surface area contributed by atoms with Gasteiger partial charge >= 0.3 is 0 Å². The van der Waals surface area contributed by atoms with Crippen molar-refractivity contribution in [1.82, 2.24) is 0 Å². The first-order chi connectivity index (χ1) is 6.74. The highest BCUT2D eigenvalue weighted by Crippen LogP contribution is 2.27. The molecule has 0 saturated heterocycles. The molecule has 0 radical (unpaired) electrons. The SMILES string of the molecule is O=Cc1c(I)c(I)cc2ccccc12. The highest BCUT2D eigenvalue weighted by atomic mass is 127. The predicted octanol–water partition coefficient (Wildman–Crippen LogP) is 3.86. The van der Waals surface area contributed by atoms with E-state index in [9.17, 15) is 4.79 Å². The Morgan fingerprint density at radius 2 is 1.86 bits per heavy atom. The van der Waals surface area contributed by atoms with Crippen molar-refractivity contribution in [2.45, 2.75) is 0 Å². The van der Waals surface area contributed by atoms with E-state index in [4.69, 9.17) is 0 Å². The minimum atomic E-state index is 0.799. The van der Waals surface area contributed by atoms with Gasteiger partial charge in [0.1, 0.15) is 0 Å². The molecule has 14 heavy (non-hydrogen) atoms. The molecule has 2 aromatic carbocycles. The zero-order valence-electron chi connectivity index (χ0n) is 7.13. The molecule has 0 saturated carbocycles. The van der Waals surface area contributed by atoms with Crippen LogP contribution in [-0.4, -0.2) is 6.29 Å². The van der Waals surface area contributed by atoms with Crippen molar-refractivity contribution in [3.63, 3.8) is 0 Å². The summed E-state index contributed by atoms with van der Waals surface area (Å²) < 4.78 is 2.17. The average molecular weight is 408 g/mol. The van der Waals surface area contributed by atoms with Crippen LogP contribution in [0.1, 0.15) is 10.4 Å². The molecule has 0 N–H and O–H groups in total. The van der Waals surface area contributed by atoms with Gasteiger partial charge < -0.3 is 0 Å². The van der Waals surface area contributed by atoms with Crippen LogP contribution < -0.4 is 0 Å². The standard InChI is InChI=1S/C11H6I2O/c12-10-5-7-3-1-2-4-8(7)9(6-14)11(10)13/h1-6H. The van der Waals surface area contributed by atoms with Crippen LogP contribution >= 0.6 is 45.2 Å². The third-order valence-corrected chi connectivity index (χ3v) is 5.14. The molecule has 2 aromatic rings. The number of aldehydes is 1. The van der Waals surface area contributed by atoms with Crippen LogP contribution in [0.4, 0.5) is 0 Å². The second-order valence-electron chi connectivity index (χ2n) is 2.93. The van der Waals surface area contributed by atoms with Gasteiger partial charge in [-0.25, -0.2) is 0 Å². The Balaban J connectivity index is 2.96. The quantitative estimate of drug-likeness (QED) is 0.518. The lowest BCUT2D eigenvalue weighted by atomic mass is 10.1. The molecule has 0 heterocycles. The van der Waals surface area contributed by atoms with Crippen LogP contribution in [0.5, 0.6) is 0 Å². The fourth-order valence-corrected chi connectivity index (χ4v) is 2.63. The van der Waals surface area contributed by atoms with Crippen molar-refractivity contribution in [3.05, 3.63) is 43.0 Å². The minimum absolute atomic E-state index is 0.799. The topological polar surface area (TPSA) is 17.1 Å². The van der Waals surface area contributed by atoms with Gasteiger partial charge in [-0.05, 0) is 62.0 Å². The smallest absolute Gasteiger partial charge is 0.151 e. The minimum Gasteiger partial charge on any atom is -0.298 e. The number of rotatable bonds is 1. The Labute approximate surface area is 109 Å². The van der Waals surface area contributed by atoms with Crippen molar-refractivity contribution in [2.75, 3.05) is 0 Å². The second-order valence-corrected chi connectivity index (χ2v) is 5.17. The molecular formula is C11H6I2O. The zero-order valence-corrected chi connectivity index (χ0v) is 11.4. The number of benzene rings is 2. The molecule has 3 heteroatoms. The van der Waals surface area contributed by atoms with Crippen molar-refractivity contribution < 1.29 is 4.79 Å². The van der Waals surface area contributed by atoms with E-state index in [1.807, 2.05) is 24.3 Å². The third kappa shape index (κ3) is 1.67. The Morgan fingerprint density at radius 1 is 1.14 bits per heavy atom. The fourth-order valence-electron chi connectivity index (χ4n) is 1.43. The normalized spacial score (nSPS) is 10.4. The molecule has 1 nitrogen and oxygen atoms in total. The maximum atomic E-state index is 11.0. The van der Waals surface area contributed by atoms with Crippen molar-refractivity contribution in [3.8, 4) is 0 Å². The third-order valence-electron chi connectivity index (χ3n) is 2.10. The van der Waals surface area contributed by atoms with Crippen LogP contribution in [0.2, 0.25) is 0 Å². The van der Waals surface area contributed by atoms with Gasteiger partial charge in [-0.2, -0.15) is 0 Å². The largest absolute Gasteiger partial charge is 0.298 e. The van der Waals surface area contributed by atoms with Crippen molar-refractivity contribution in [2.24, 2.45) is 0 Å². The first-order valence-electron chi connectivity index (χ1n) is 4.06. The van der Waals surface area contributed by atoms with E-state index >= 15 is 0 Å². The first kappa shape index (κ1) is 10.4. The molecule has 0 aliphatic rings. The molecule has 70 valence electrons. The number of hydrogen-bond acceptors (Lipinski definition) is 1. The monoisotopic (exact) mass is 408 g/mol. The molecule has 0 spiro atoms. The van der Waals surface area contributed by atoms with E-state index in [2.05, 4.69) is 51.2 Å². The van der Waals surface area contributed by atoms with Gasteiger partial charge in [0.15, 0.2) is 6.29 Å². The highest BCUT2D eigenvalue weighted by molar-refractivity contribution is 14.1. The summed E-state index contributed by atoms with van der Waals surface area (Å²) in [5, 5.41) is 2.16. The maximum absolute atomic E-state index is 11.0. The predicted molar refractivity (Wildman–Crippen MR) is 74.8 cm³/mol. The van der Waals surface area contributed by atoms with Gasteiger partial charge in [0.05, 0.1) is 0 Å². The Morgan fingerprint density at radius 3 is 2.57 bits per heavy atom. The Bertz CT molecular complexity index is 506. The van der Waals surface area contributed by atoms with Crippen LogP contribution in [0.15, 0.2) is 30.3 Å².